The third-order valence-corrected chi connectivity index (χ3v) is 5.40. The number of fused-ring (bicyclic) bond motifs is 1. The topological polar surface area (TPSA) is 42.7 Å². The molecule has 0 saturated carbocycles. The quantitative estimate of drug-likeness (QED) is 0.687. The van der Waals surface area contributed by atoms with Gasteiger partial charge in [0.1, 0.15) is 0 Å². The summed E-state index contributed by atoms with van der Waals surface area (Å²) in [7, 11) is 0. The molecule has 0 aliphatic carbocycles. The van der Waals surface area contributed by atoms with Crippen LogP contribution in [-0.2, 0) is 32.2 Å². The van der Waals surface area contributed by atoms with E-state index in [1.807, 2.05) is 29.0 Å². The van der Waals surface area contributed by atoms with Crippen molar-refractivity contribution < 1.29 is 13.2 Å². The van der Waals surface area contributed by atoms with Crippen LogP contribution in [-0.4, -0.2) is 14.5 Å². The van der Waals surface area contributed by atoms with Crippen molar-refractivity contribution in [3.8, 4) is 11.3 Å². The van der Waals surface area contributed by atoms with E-state index in [1.165, 1.54) is 4.57 Å². The first kappa shape index (κ1) is 18.2. The number of pyridine rings is 1. The molecule has 0 fully saturated rings. The molecule has 0 atom stereocenters. The molecule has 0 aromatic carbocycles. The number of hydrogen-bond acceptors (Lipinski definition) is 4. The maximum atomic E-state index is 13.2. The monoisotopic (exact) mass is 392 g/mol. The number of halogens is 3. The molecule has 0 amide bonds. The lowest BCUT2D eigenvalue weighted by atomic mass is 10.1. The Morgan fingerprint density at radius 2 is 2.04 bits per heavy atom. The number of hydrogen-bond donors (Lipinski definition) is 1. The highest BCUT2D eigenvalue weighted by molar-refractivity contribution is 7.08. The van der Waals surface area contributed by atoms with E-state index in [0.29, 0.717) is 37.4 Å². The van der Waals surface area contributed by atoms with Crippen molar-refractivity contribution in [3.63, 3.8) is 0 Å². The molecular weight excluding hydrogens is 373 g/mol. The van der Waals surface area contributed by atoms with Gasteiger partial charge in [-0.3, -0.25) is 4.98 Å². The van der Waals surface area contributed by atoms with Gasteiger partial charge in [-0.1, -0.05) is 6.07 Å². The van der Waals surface area contributed by atoms with Gasteiger partial charge in [0.05, 0.1) is 11.4 Å². The fraction of sp³-hybridized carbons (Fsp3) is 0.368. The average molecular weight is 392 g/mol. The zero-order valence-electron chi connectivity index (χ0n) is 14.6. The molecule has 3 aromatic heterocycles. The fourth-order valence-electron chi connectivity index (χ4n) is 3.41. The summed E-state index contributed by atoms with van der Waals surface area (Å²) in [6, 6.07) is 5.96. The van der Waals surface area contributed by atoms with Gasteiger partial charge >= 0.3 is 6.18 Å². The van der Waals surface area contributed by atoms with Gasteiger partial charge in [0.25, 0.3) is 0 Å². The number of aromatic nitrogens is 3. The SMILES string of the molecule is FC(F)(F)c1nc(CNCc2ccc(-c3ccsc3)nc2)c2n1CCCC2. The van der Waals surface area contributed by atoms with Crippen LogP contribution in [0.4, 0.5) is 13.2 Å². The Morgan fingerprint density at radius 1 is 1.15 bits per heavy atom. The highest BCUT2D eigenvalue weighted by Gasteiger charge is 2.39. The molecule has 4 rings (SSSR count). The predicted octanol–water partition coefficient (Wildman–Crippen LogP) is 4.65. The summed E-state index contributed by atoms with van der Waals surface area (Å²) in [4.78, 5) is 8.35. The lowest BCUT2D eigenvalue weighted by molar-refractivity contribution is -0.147. The lowest BCUT2D eigenvalue weighted by Crippen LogP contribution is -2.19. The van der Waals surface area contributed by atoms with Gasteiger partial charge in [-0.25, -0.2) is 4.98 Å². The van der Waals surface area contributed by atoms with E-state index in [0.717, 1.165) is 29.7 Å². The van der Waals surface area contributed by atoms with E-state index in [-0.39, 0.29) is 0 Å². The van der Waals surface area contributed by atoms with E-state index < -0.39 is 12.0 Å². The first-order chi connectivity index (χ1) is 13.0. The van der Waals surface area contributed by atoms with Crippen LogP contribution in [0.5, 0.6) is 0 Å². The maximum Gasteiger partial charge on any atom is 0.449 e. The number of alkyl halides is 3. The minimum absolute atomic E-state index is 0.317. The highest BCUT2D eigenvalue weighted by Crippen LogP contribution is 2.32. The molecule has 0 spiro atoms. The molecular formula is C19H19F3N4S. The van der Waals surface area contributed by atoms with Crippen molar-refractivity contribution in [2.24, 2.45) is 0 Å². The molecule has 0 bridgehead atoms. The highest BCUT2D eigenvalue weighted by atomic mass is 32.1. The molecule has 1 N–H and O–H groups in total. The largest absolute Gasteiger partial charge is 0.449 e. The van der Waals surface area contributed by atoms with Gasteiger partial charge in [-0.05, 0) is 42.3 Å². The summed E-state index contributed by atoms with van der Waals surface area (Å²) in [5.74, 6) is -0.768. The van der Waals surface area contributed by atoms with Crippen molar-refractivity contribution in [3.05, 3.63) is 57.9 Å². The molecule has 0 radical (unpaired) electrons. The summed E-state index contributed by atoms with van der Waals surface area (Å²) in [6.07, 6.45) is -0.294. The maximum absolute atomic E-state index is 13.2. The van der Waals surface area contributed by atoms with E-state index in [4.69, 9.17) is 0 Å². The second-order valence-corrected chi connectivity index (χ2v) is 7.38. The molecule has 4 nitrogen and oxygen atoms in total. The number of rotatable bonds is 5. The first-order valence-corrected chi connectivity index (χ1v) is 9.80. The first-order valence-electron chi connectivity index (χ1n) is 8.86. The van der Waals surface area contributed by atoms with E-state index in [9.17, 15) is 13.2 Å². The zero-order valence-corrected chi connectivity index (χ0v) is 15.4. The van der Waals surface area contributed by atoms with Crippen molar-refractivity contribution in [1.82, 2.24) is 19.9 Å². The van der Waals surface area contributed by atoms with Crippen LogP contribution in [0.25, 0.3) is 11.3 Å². The van der Waals surface area contributed by atoms with Crippen molar-refractivity contribution in [2.75, 3.05) is 0 Å². The van der Waals surface area contributed by atoms with Gasteiger partial charge in [0.15, 0.2) is 0 Å². The third kappa shape index (κ3) is 3.91. The van der Waals surface area contributed by atoms with Gasteiger partial charge in [0, 0.05) is 42.5 Å². The van der Waals surface area contributed by atoms with E-state index >= 15 is 0 Å². The van der Waals surface area contributed by atoms with Crippen LogP contribution in [0.2, 0.25) is 0 Å². The third-order valence-electron chi connectivity index (χ3n) is 4.72. The van der Waals surface area contributed by atoms with Crippen molar-refractivity contribution in [1.29, 1.82) is 0 Å². The summed E-state index contributed by atoms with van der Waals surface area (Å²) < 4.78 is 41.0. The molecule has 4 heterocycles. The Labute approximate surface area is 159 Å². The van der Waals surface area contributed by atoms with Crippen LogP contribution >= 0.6 is 11.3 Å². The van der Waals surface area contributed by atoms with Crippen LogP contribution in [0.3, 0.4) is 0 Å². The Balaban J connectivity index is 1.43. The Bertz CT molecular complexity index is 898. The number of nitrogens with zero attached hydrogens (tertiary/aromatic N) is 3. The molecule has 1 aliphatic rings. The minimum Gasteiger partial charge on any atom is -0.324 e. The van der Waals surface area contributed by atoms with Gasteiger partial charge in [-0.15, -0.1) is 0 Å². The smallest absolute Gasteiger partial charge is 0.324 e. The van der Waals surface area contributed by atoms with Gasteiger partial charge in [-0.2, -0.15) is 24.5 Å². The van der Waals surface area contributed by atoms with Crippen LogP contribution in [0.15, 0.2) is 35.2 Å². The van der Waals surface area contributed by atoms with Crippen LogP contribution in [0.1, 0.15) is 35.6 Å². The van der Waals surface area contributed by atoms with Crippen molar-refractivity contribution >= 4 is 11.3 Å². The molecule has 3 aromatic rings. The Morgan fingerprint density at radius 3 is 2.74 bits per heavy atom. The van der Waals surface area contributed by atoms with E-state index in [1.54, 1.807) is 17.5 Å². The Hall–Kier alpha value is -2.19. The number of imidazole rings is 1. The molecule has 142 valence electrons. The van der Waals surface area contributed by atoms with Crippen molar-refractivity contribution in [2.45, 2.75) is 45.1 Å². The Kier molecular flexibility index (Phi) is 5.01. The zero-order chi connectivity index (χ0) is 18.9. The molecule has 8 heteroatoms. The van der Waals surface area contributed by atoms with E-state index in [2.05, 4.69) is 15.3 Å². The number of thiophene rings is 1. The van der Waals surface area contributed by atoms with Crippen LogP contribution in [0, 0.1) is 0 Å². The molecule has 1 aliphatic heterocycles. The fourth-order valence-corrected chi connectivity index (χ4v) is 4.06. The predicted molar refractivity (Wildman–Crippen MR) is 98.3 cm³/mol. The lowest BCUT2D eigenvalue weighted by Gasteiger charge is -2.18. The standard InChI is InChI=1S/C19H19F3N4S/c20-19(21,22)18-25-16(17-3-1-2-7-26(17)18)11-23-9-13-4-5-15(24-10-13)14-6-8-27-12-14/h4-6,8,10,12,23H,1-3,7,9,11H2. The molecule has 0 saturated heterocycles. The summed E-state index contributed by atoms with van der Waals surface area (Å²) in [5, 5.41) is 7.26. The second-order valence-electron chi connectivity index (χ2n) is 6.60. The summed E-state index contributed by atoms with van der Waals surface area (Å²) >= 11 is 1.62. The van der Waals surface area contributed by atoms with Gasteiger partial charge < -0.3 is 9.88 Å². The molecule has 0 unspecified atom stereocenters. The average Bonchev–Trinajstić information content (AvgIpc) is 3.30. The number of nitrogens with one attached hydrogen (secondary N) is 1. The summed E-state index contributed by atoms with van der Waals surface area (Å²) in [5.41, 5.74) is 4.21. The summed E-state index contributed by atoms with van der Waals surface area (Å²) in [6.45, 7) is 1.24. The minimum atomic E-state index is -4.41. The normalized spacial score (nSPS) is 14.3. The second kappa shape index (κ2) is 7.44. The van der Waals surface area contributed by atoms with Crippen LogP contribution < -0.4 is 5.32 Å². The molecule has 27 heavy (non-hydrogen) atoms. The van der Waals surface area contributed by atoms with Gasteiger partial charge in [0.2, 0.25) is 5.82 Å².